The zero-order chi connectivity index (χ0) is 18.5. The average molecular weight is 353 g/mol. The first-order valence-electron chi connectivity index (χ1n) is 8.78. The van der Waals surface area contributed by atoms with Crippen molar-refractivity contribution >= 4 is 23.2 Å². The molecule has 1 amide bonds. The number of likely N-dealkylation sites (N-methyl/N-ethyl adjacent to an activating group) is 1. The fourth-order valence-corrected chi connectivity index (χ4v) is 2.91. The molecule has 0 bridgehead atoms. The quantitative estimate of drug-likeness (QED) is 0.830. The van der Waals surface area contributed by atoms with Crippen LogP contribution < -0.4 is 5.32 Å². The van der Waals surface area contributed by atoms with Crippen LogP contribution in [0.25, 0.3) is 0 Å². The third kappa shape index (κ3) is 4.23. The number of carbonyl (C=O) groups excluding carboxylic acids is 2. The second-order valence-electron chi connectivity index (χ2n) is 6.27. The first-order valence-corrected chi connectivity index (χ1v) is 8.78. The molecule has 0 radical (unpaired) electrons. The van der Waals surface area contributed by atoms with Gasteiger partial charge in [0.05, 0.1) is 0 Å². The van der Waals surface area contributed by atoms with Crippen LogP contribution in [0.3, 0.4) is 0 Å². The van der Waals surface area contributed by atoms with Crippen molar-refractivity contribution in [3.05, 3.63) is 47.9 Å². The number of ketones is 1. The normalized spacial score (nSPS) is 14.9. The van der Waals surface area contributed by atoms with Gasteiger partial charge in [-0.05, 0) is 37.7 Å². The molecule has 1 aromatic heterocycles. The van der Waals surface area contributed by atoms with E-state index in [1.54, 1.807) is 18.2 Å². The standard InChI is InChI=1S/C19H23N5O2/c1-3-23-8-10-24(11-9-23)19(26)17-12-18(21-13-20-17)22-16-6-4-15(5-7-16)14(2)25/h4-7,12-13H,3,8-11H2,1-2H3,(H,20,21,22). The van der Waals surface area contributed by atoms with E-state index in [4.69, 9.17) is 0 Å². The smallest absolute Gasteiger partial charge is 0.272 e. The molecule has 2 heterocycles. The molecule has 26 heavy (non-hydrogen) atoms. The Kier molecular flexibility index (Phi) is 5.58. The highest BCUT2D eigenvalue weighted by Gasteiger charge is 2.22. The molecule has 0 spiro atoms. The number of piperazine rings is 1. The zero-order valence-electron chi connectivity index (χ0n) is 15.1. The molecular formula is C19H23N5O2. The summed E-state index contributed by atoms with van der Waals surface area (Å²) in [5, 5.41) is 3.14. The van der Waals surface area contributed by atoms with Crippen LogP contribution in [0.1, 0.15) is 34.7 Å². The topological polar surface area (TPSA) is 78.4 Å². The van der Waals surface area contributed by atoms with Gasteiger partial charge in [-0.2, -0.15) is 0 Å². The Balaban J connectivity index is 1.68. The van der Waals surface area contributed by atoms with E-state index in [0.29, 0.717) is 30.2 Å². The molecule has 0 saturated carbocycles. The number of carbonyl (C=O) groups is 2. The van der Waals surface area contributed by atoms with Crippen LogP contribution in [0.4, 0.5) is 11.5 Å². The highest BCUT2D eigenvalue weighted by molar-refractivity contribution is 5.94. The predicted octanol–water partition coefficient (Wildman–Crippen LogP) is 2.20. The molecule has 0 aliphatic carbocycles. The highest BCUT2D eigenvalue weighted by Crippen LogP contribution is 2.17. The van der Waals surface area contributed by atoms with Crippen molar-refractivity contribution in [3.63, 3.8) is 0 Å². The highest BCUT2D eigenvalue weighted by atomic mass is 16.2. The first kappa shape index (κ1) is 18.0. The lowest BCUT2D eigenvalue weighted by Crippen LogP contribution is -2.48. The van der Waals surface area contributed by atoms with Gasteiger partial charge in [0.15, 0.2) is 5.78 Å². The fourth-order valence-electron chi connectivity index (χ4n) is 2.91. The van der Waals surface area contributed by atoms with Gasteiger partial charge >= 0.3 is 0 Å². The van der Waals surface area contributed by atoms with Gasteiger partial charge in [0.1, 0.15) is 17.8 Å². The number of rotatable bonds is 5. The molecule has 1 aliphatic rings. The minimum Gasteiger partial charge on any atom is -0.340 e. The van der Waals surface area contributed by atoms with Gasteiger partial charge in [-0.3, -0.25) is 9.59 Å². The van der Waals surface area contributed by atoms with E-state index in [1.165, 1.54) is 13.3 Å². The Morgan fingerprint density at radius 1 is 1.08 bits per heavy atom. The SMILES string of the molecule is CCN1CCN(C(=O)c2cc(Nc3ccc(C(C)=O)cc3)ncn2)CC1. The molecule has 7 heteroatoms. The molecule has 0 unspecified atom stereocenters. The van der Waals surface area contributed by atoms with E-state index in [1.807, 2.05) is 17.0 Å². The van der Waals surface area contributed by atoms with E-state index in [2.05, 4.69) is 27.1 Å². The molecule has 0 atom stereocenters. The van der Waals surface area contributed by atoms with Gasteiger partial charge in [0, 0.05) is 43.5 Å². The molecule has 3 rings (SSSR count). The van der Waals surface area contributed by atoms with Gasteiger partial charge in [0.2, 0.25) is 0 Å². The molecule has 1 saturated heterocycles. The van der Waals surface area contributed by atoms with Gasteiger partial charge in [-0.15, -0.1) is 0 Å². The van der Waals surface area contributed by atoms with Gasteiger partial charge in [0.25, 0.3) is 5.91 Å². The zero-order valence-corrected chi connectivity index (χ0v) is 15.1. The maximum Gasteiger partial charge on any atom is 0.272 e. The first-order chi connectivity index (χ1) is 12.6. The van der Waals surface area contributed by atoms with Crippen molar-refractivity contribution in [1.82, 2.24) is 19.8 Å². The van der Waals surface area contributed by atoms with E-state index in [9.17, 15) is 9.59 Å². The summed E-state index contributed by atoms with van der Waals surface area (Å²) in [7, 11) is 0. The van der Waals surface area contributed by atoms with Gasteiger partial charge < -0.3 is 15.1 Å². The summed E-state index contributed by atoms with van der Waals surface area (Å²) in [4.78, 5) is 36.5. The van der Waals surface area contributed by atoms with Crippen molar-refractivity contribution in [2.24, 2.45) is 0 Å². The molecule has 2 aromatic rings. The lowest BCUT2D eigenvalue weighted by atomic mass is 10.1. The van der Waals surface area contributed by atoms with Crippen molar-refractivity contribution in [1.29, 1.82) is 0 Å². The molecular weight excluding hydrogens is 330 g/mol. The second-order valence-corrected chi connectivity index (χ2v) is 6.27. The fraction of sp³-hybridized carbons (Fsp3) is 0.368. The van der Waals surface area contributed by atoms with E-state index >= 15 is 0 Å². The third-order valence-electron chi connectivity index (χ3n) is 4.56. The van der Waals surface area contributed by atoms with E-state index in [0.717, 1.165) is 25.3 Å². The van der Waals surface area contributed by atoms with Crippen LogP contribution >= 0.6 is 0 Å². The number of hydrogen-bond acceptors (Lipinski definition) is 6. The minimum atomic E-state index is -0.0712. The lowest BCUT2D eigenvalue weighted by molar-refractivity contribution is 0.0637. The Morgan fingerprint density at radius 3 is 2.38 bits per heavy atom. The molecule has 136 valence electrons. The Morgan fingerprint density at radius 2 is 1.77 bits per heavy atom. The predicted molar refractivity (Wildman–Crippen MR) is 99.8 cm³/mol. The van der Waals surface area contributed by atoms with Crippen molar-refractivity contribution in [2.75, 3.05) is 38.0 Å². The maximum absolute atomic E-state index is 12.7. The number of amides is 1. The van der Waals surface area contributed by atoms with E-state index in [-0.39, 0.29) is 11.7 Å². The van der Waals surface area contributed by atoms with Crippen molar-refractivity contribution in [2.45, 2.75) is 13.8 Å². The maximum atomic E-state index is 12.7. The third-order valence-corrected chi connectivity index (χ3v) is 4.56. The lowest BCUT2D eigenvalue weighted by Gasteiger charge is -2.33. The Hall–Kier alpha value is -2.80. The molecule has 1 aliphatic heterocycles. The molecule has 1 fully saturated rings. The number of benzene rings is 1. The second kappa shape index (κ2) is 8.05. The van der Waals surface area contributed by atoms with Crippen LogP contribution in [0.15, 0.2) is 36.7 Å². The van der Waals surface area contributed by atoms with Gasteiger partial charge in [-0.25, -0.2) is 9.97 Å². The number of hydrogen-bond donors (Lipinski definition) is 1. The minimum absolute atomic E-state index is 0.0228. The summed E-state index contributed by atoms with van der Waals surface area (Å²) in [5.41, 5.74) is 1.83. The van der Waals surface area contributed by atoms with Crippen LogP contribution in [0.5, 0.6) is 0 Å². The number of nitrogens with one attached hydrogen (secondary N) is 1. The average Bonchev–Trinajstić information content (AvgIpc) is 2.68. The van der Waals surface area contributed by atoms with Crippen molar-refractivity contribution in [3.8, 4) is 0 Å². The van der Waals surface area contributed by atoms with Crippen LogP contribution in [0, 0.1) is 0 Å². The summed E-state index contributed by atoms with van der Waals surface area (Å²) >= 11 is 0. The van der Waals surface area contributed by atoms with Gasteiger partial charge in [-0.1, -0.05) is 6.92 Å². The summed E-state index contributed by atoms with van der Waals surface area (Å²) in [6.45, 7) is 7.87. The molecule has 1 N–H and O–H groups in total. The number of nitrogens with zero attached hydrogens (tertiary/aromatic N) is 4. The Labute approximate surface area is 153 Å². The monoisotopic (exact) mass is 353 g/mol. The summed E-state index contributed by atoms with van der Waals surface area (Å²) in [5.74, 6) is 0.499. The van der Waals surface area contributed by atoms with E-state index < -0.39 is 0 Å². The summed E-state index contributed by atoms with van der Waals surface area (Å²) < 4.78 is 0. The van der Waals surface area contributed by atoms with Crippen LogP contribution in [-0.4, -0.2) is 64.2 Å². The van der Waals surface area contributed by atoms with Crippen molar-refractivity contribution < 1.29 is 9.59 Å². The largest absolute Gasteiger partial charge is 0.340 e. The summed E-state index contributed by atoms with van der Waals surface area (Å²) in [6, 6.07) is 8.79. The van der Waals surface area contributed by atoms with Crippen LogP contribution in [-0.2, 0) is 0 Å². The molecule has 7 nitrogen and oxygen atoms in total. The number of Topliss-reactive ketones (excluding diaryl/α,β-unsaturated/α-hetero) is 1. The molecule has 1 aromatic carbocycles. The summed E-state index contributed by atoms with van der Waals surface area (Å²) in [6.07, 6.45) is 1.39. The van der Waals surface area contributed by atoms with Crippen LogP contribution in [0.2, 0.25) is 0 Å². The number of anilines is 2. The number of aromatic nitrogens is 2. The Bertz CT molecular complexity index is 783.